The molecule has 0 saturated carbocycles. The van der Waals surface area contributed by atoms with E-state index < -0.39 is 5.63 Å². The van der Waals surface area contributed by atoms with E-state index in [0.717, 1.165) is 26.8 Å². The van der Waals surface area contributed by atoms with E-state index in [1.807, 2.05) is 78.2 Å². The summed E-state index contributed by atoms with van der Waals surface area (Å²) in [4.78, 5) is 18.0. The first-order chi connectivity index (χ1) is 17.1. The second kappa shape index (κ2) is 8.40. The van der Waals surface area contributed by atoms with Crippen LogP contribution in [0.5, 0.6) is 0 Å². The van der Waals surface area contributed by atoms with Crippen LogP contribution in [-0.4, -0.2) is 4.98 Å². The number of hydrogen-bond acceptors (Lipinski definition) is 8. The molecular weight excluding hydrogens is 476 g/mol. The first-order valence-corrected chi connectivity index (χ1v) is 12.4. The normalized spacial score (nSPS) is 11.1. The van der Waals surface area contributed by atoms with Crippen LogP contribution < -0.4 is 16.7 Å². The summed E-state index contributed by atoms with van der Waals surface area (Å²) < 4.78 is 5.65. The van der Waals surface area contributed by atoms with Crippen molar-refractivity contribution in [2.75, 3.05) is 11.1 Å². The Hall–Kier alpha value is -4.45. The van der Waals surface area contributed by atoms with Crippen molar-refractivity contribution >= 4 is 60.8 Å². The molecule has 6 nitrogen and oxygen atoms in total. The molecule has 0 aliphatic carbocycles. The van der Waals surface area contributed by atoms with Crippen LogP contribution in [0.2, 0.25) is 0 Å². The highest BCUT2D eigenvalue weighted by Gasteiger charge is 2.22. The summed E-state index contributed by atoms with van der Waals surface area (Å²) in [6.07, 6.45) is 0. The summed E-state index contributed by atoms with van der Waals surface area (Å²) in [5.41, 5.74) is 9.20. The molecule has 0 aliphatic rings. The molecule has 0 spiro atoms. The van der Waals surface area contributed by atoms with Crippen molar-refractivity contribution in [1.29, 1.82) is 5.26 Å². The molecule has 3 heterocycles. The molecule has 3 N–H and O–H groups in total. The van der Waals surface area contributed by atoms with E-state index in [1.54, 1.807) is 0 Å². The van der Waals surface area contributed by atoms with Crippen LogP contribution in [0.15, 0.2) is 87.4 Å². The smallest absolute Gasteiger partial charge is 0.345 e. The average molecular weight is 493 g/mol. The highest BCUT2D eigenvalue weighted by Crippen LogP contribution is 2.45. The van der Waals surface area contributed by atoms with Crippen LogP contribution in [0.25, 0.3) is 43.6 Å². The summed E-state index contributed by atoms with van der Waals surface area (Å²) in [6.45, 7) is 0. The second-order valence-electron chi connectivity index (χ2n) is 7.84. The van der Waals surface area contributed by atoms with Gasteiger partial charge in [-0.15, -0.1) is 22.7 Å². The molecule has 35 heavy (non-hydrogen) atoms. The molecule has 0 fully saturated rings. The maximum atomic E-state index is 12.9. The Kier molecular flexibility index (Phi) is 5.07. The van der Waals surface area contributed by atoms with Crippen molar-refractivity contribution in [3.05, 3.63) is 93.5 Å². The lowest BCUT2D eigenvalue weighted by molar-refractivity contribution is 0.563. The van der Waals surface area contributed by atoms with E-state index in [9.17, 15) is 10.1 Å². The predicted molar refractivity (Wildman–Crippen MR) is 143 cm³/mol. The molecule has 8 heteroatoms. The number of thiazole rings is 1. The minimum Gasteiger partial charge on any atom is -0.422 e. The topological polar surface area (TPSA) is 105 Å². The van der Waals surface area contributed by atoms with Gasteiger partial charge in [0.25, 0.3) is 0 Å². The van der Waals surface area contributed by atoms with Crippen LogP contribution >= 0.6 is 22.7 Å². The molecule has 0 aliphatic heterocycles. The van der Waals surface area contributed by atoms with Crippen molar-refractivity contribution in [2.24, 2.45) is 0 Å². The van der Waals surface area contributed by atoms with Gasteiger partial charge >= 0.3 is 5.63 Å². The first kappa shape index (κ1) is 21.1. The molecule has 0 atom stereocenters. The van der Waals surface area contributed by atoms with E-state index >= 15 is 0 Å². The Morgan fingerprint density at radius 1 is 1.00 bits per heavy atom. The van der Waals surface area contributed by atoms with Crippen molar-refractivity contribution < 1.29 is 4.42 Å². The summed E-state index contributed by atoms with van der Waals surface area (Å²) >= 11 is 2.64. The maximum Gasteiger partial charge on any atom is 0.345 e. The lowest BCUT2D eigenvalue weighted by atomic mass is 10.0. The Morgan fingerprint density at radius 3 is 2.63 bits per heavy atom. The van der Waals surface area contributed by atoms with Crippen molar-refractivity contribution in [2.45, 2.75) is 0 Å². The molecular formula is C27H16N4O2S2. The van der Waals surface area contributed by atoms with Gasteiger partial charge in [0.05, 0.1) is 22.5 Å². The Labute approximate surface area is 207 Å². The number of hydrogen-bond donors (Lipinski definition) is 2. The summed E-state index contributed by atoms with van der Waals surface area (Å²) in [5, 5.41) is 19.0. The number of benzene rings is 3. The van der Waals surface area contributed by atoms with Crippen LogP contribution in [0.4, 0.5) is 16.4 Å². The van der Waals surface area contributed by atoms with Gasteiger partial charge in [0.15, 0.2) is 0 Å². The molecule has 0 amide bonds. The Bertz CT molecular complexity index is 1830. The monoisotopic (exact) mass is 492 g/mol. The standard InChI is InChI=1S/C27H16N4O2S2/c28-13-22-24(29)23(26(35-22)30-16-7-2-1-3-8-16)25-31-20(14-34-25)19-12-18-17-9-5-4-6-15(17)10-11-21(18)33-27(19)32/h1-12,14,30H,29H2. The predicted octanol–water partition coefficient (Wildman–Crippen LogP) is 7.00. The molecule has 0 saturated heterocycles. The number of nitrogens with two attached hydrogens (primary N) is 1. The molecule has 168 valence electrons. The van der Waals surface area contributed by atoms with Crippen LogP contribution in [0.1, 0.15) is 4.88 Å². The van der Waals surface area contributed by atoms with Crippen molar-refractivity contribution in [3.8, 4) is 27.9 Å². The fourth-order valence-electron chi connectivity index (χ4n) is 4.04. The van der Waals surface area contributed by atoms with Crippen LogP contribution in [0.3, 0.4) is 0 Å². The third-order valence-electron chi connectivity index (χ3n) is 5.71. The summed E-state index contributed by atoms with van der Waals surface area (Å²) in [6, 6.07) is 25.4. The van der Waals surface area contributed by atoms with Gasteiger partial charge in [-0.3, -0.25) is 0 Å². The van der Waals surface area contributed by atoms with E-state index in [-0.39, 0.29) is 0 Å². The molecule has 3 aromatic heterocycles. The Morgan fingerprint density at radius 2 is 1.80 bits per heavy atom. The van der Waals surface area contributed by atoms with E-state index in [0.29, 0.717) is 38.0 Å². The quantitative estimate of drug-likeness (QED) is 0.203. The Balaban J connectivity index is 1.48. The van der Waals surface area contributed by atoms with Crippen LogP contribution in [0, 0.1) is 11.3 Å². The maximum absolute atomic E-state index is 12.9. The third-order valence-corrected chi connectivity index (χ3v) is 7.60. The first-order valence-electron chi connectivity index (χ1n) is 10.7. The number of fused-ring (bicyclic) bond motifs is 3. The van der Waals surface area contributed by atoms with Gasteiger partial charge in [0.1, 0.15) is 26.5 Å². The van der Waals surface area contributed by atoms with Gasteiger partial charge in [-0.2, -0.15) is 5.26 Å². The molecule has 6 rings (SSSR count). The number of para-hydroxylation sites is 1. The lowest BCUT2D eigenvalue weighted by Gasteiger charge is -2.06. The summed E-state index contributed by atoms with van der Waals surface area (Å²) in [5.74, 6) is 0. The number of rotatable bonds is 4. The second-order valence-corrected chi connectivity index (χ2v) is 9.71. The lowest BCUT2D eigenvalue weighted by Crippen LogP contribution is -2.03. The number of thiophene rings is 1. The molecule has 6 aromatic rings. The number of aromatic nitrogens is 1. The van der Waals surface area contributed by atoms with Gasteiger partial charge in [-0.1, -0.05) is 48.5 Å². The van der Waals surface area contributed by atoms with Crippen molar-refractivity contribution in [3.63, 3.8) is 0 Å². The van der Waals surface area contributed by atoms with Gasteiger partial charge in [-0.05, 0) is 35.0 Å². The largest absolute Gasteiger partial charge is 0.422 e. The summed E-state index contributed by atoms with van der Waals surface area (Å²) in [7, 11) is 0. The minimum atomic E-state index is -0.455. The fraction of sp³-hybridized carbons (Fsp3) is 0. The number of nitrogens with one attached hydrogen (secondary N) is 1. The van der Waals surface area contributed by atoms with Crippen molar-refractivity contribution in [1.82, 2.24) is 4.98 Å². The zero-order valence-electron chi connectivity index (χ0n) is 18.1. The van der Waals surface area contributed by atoms with Gasteiger partial charge in [0, 0.05) is 16.5 Å². The molecule has 0 radical (unpaired) electrons. The van der Waals surface area contributed by atoms with Gasteiger partial charge in [0.2, 0.25) is 0 Å². The fourth-order valence-corrected chi connectivity index (χ4v) is 5.93. The molecule has 0 unspecified atom stereocenters. The van der Waals surface area contributed by atoms with Crippen LogP contribution in [-0.2, 0) is 0 Å². The zero-order valence-corrected chi connectivity index (χ0v) is 19.7. The number of nitrogens with zero attached hydrogens (tertiary/aromatic N) is 2. The minimum absolute atomic E-state index is 0.369. The third kappa shape index (κ3) is 3.64. The molecule has 0 bridgehead atoms. The number of nitrogen functional groups attached to an aromatic ring is 1. The van der Waals surface area contributed by atoms with Gasteiger partial charge < -0.3 is 15.5 Å². The number of nitriles is 1. The SMILES string of the molecule is N#Cc1sc(Nc2ccccc2)c(-c2nc(-c3cc4c(ccc5ccccc54)oc3=O)cs2)c1N. The van der Waals surface area contributed by atoms with E-state index in [1.165, 1.54) is 22.7 Å². The zero-order chi connectivity index (χ0) is 23.9. The molecule has 3 aromatic carbocycles. The highest BCUT2D eigenvalue weighted by molar-refractivity contribution is 7.19. The van der Waals surface area contributed by atoms with Gasteiger partial charge in [-0.25, -0.2) is 9.78 Å². The highest BCUT2D eigenvalue weighted by atomic mass is 32.1. The number of anilines is 3. The van der Waals surface area contributed by atoms with E-state index in [4.69, 9.17) is 15.1 Å². The van der Waals surface area contributed by atoms with E-state index in [2.05, 4.69) is 11.4 Å². The average Bonchev–Trinajstić information content (AvgIpc) is 3.48.